The average molecular weight is 310 g/mol. The number of carbonyl (C=O) groups is 2. The average Bonchev–Trinajstić information content (AvgIpc) is 2.94. The normalized spacial score (nSPS) is 10.1. The molecule has 2 aromatic rings. The van der Waals surface area contributed by atoms with Crippen LogP contribution >= 0.6 is 22.9 Å². The van der Waals surface area contributed by atoms with Crippen molar-refractivity contribution in [2.24, 2.45) is 0 Å². The summed E-state index contributed by atoms with van der Waals surface area (Å²) >= 11 is 7.22. The van der Waals surface area contributed by atoms with E-state index in [1.807, 2.05) is 6.92 Å². The van der Waals surface area contributed by atoms with E-state index in [1.165, 1.54) is 11.3 Å². The van der Waals surface area contributed by atoms with Gasteiger partial charge in [-0.25, -0.2) is 4.79 Å². The molecule has 0 aliphatic rings. The molecule has 0 radical (unpaired) electrons. The lowest BCUT2D eigenvalue weighted by molar-refractivity contribution is -0.119. The van der Waals surface area contributed by atoms with Crippen molar-refractivity contribution in [3.05, 3.63) is 51.2 Å². The molecule has 0 aliphatic heterocycles. The molecule has 0 fully saturated rings. The molecule has 4 nitrogen and oxygen atoms in total. The molecule has 6 heteroatoms. The number of halogens is 1. The summed E-state index contributed by atoms with van der Waals surface area (Å²) in [5.74, 6) is -0.910. The van der Waals surface area contributed by atoms with Crippen LogP contribution in [0, 0.1) is 6.92 Å². The van der Waals surface area contributed by atoms with E-state index in [4.69, 9.17) is 16.3 Å². The van der Waals surface area contributed by atoms with Crippen molar-refractivity contribution in [3.63, 3.8) is 0 Å². The lowest BCUT2D eigenvalue weighted by atomic mass is 10.2. The zero-order valence-electron chi connectivity index (χ0n) is 10.7. The third kappa shape index (κ3) is 3.82. The Hall–Kier alpha value is -1.85. The third-order valence-corrected chi connectivity index (χ3v) is 3.77. The van der Waals surface area contributed by atoms with E-state index in [1.54, 1.807) is 35.7 Å². The molecule has 0 spiro atoms. The number of anilines is 1. The standard InChI is InChI=1S/C14H12ClNO3S/c1-9-4-5-10(7-11(9)15)16-13(17)8-19-14(18)12-3-2-6-20-12/h2-7H,8H2,1H3,(H,16,17). The summed E-state index contributed by atoms with van der Waals surface area (Å²) in [5.41, 5.74) is 1.49. The second-order valence-electron chi connectivity index (χ2n) is 4.07. The molecule has 1 heterocycles. The second-order valence-corrected chi connectivity index (χ2v) is 5.42. The molecule has 1 N–H and O–H groups in total. The Balaban J connectivity index is 1.86. The molecule has 0 bridgehead atoms. The first-order valence-electron chi connectivity index (χ1n) is 5.83. The van der Waals surface area contributed by atoms with Gasteiger partial charge in [0.25, 0.3) is 5.91 Å². The predicted molar refractivity (Wildman–Crippen MR) is 79.4 cm³/mol. The monoisotopic (exact) mass is 309 g/mol. The van der Waals surface area contributed by atoms with Gasteiger partial charge in [-0.1, -0.05) is 23.7 Å². The van der Waals surface area contributed by atoms with Crippen LogP contribution in [-0.4, -0.2) is 18.5 Å². The Morgan fingerprint density at radius 1 is 1.35 bits per heavy atom. The van der Waals surface area contributed by atoms with Crippen LogP contribution in [0.2, 0.25) is 5.02 Å². The number of rotatable bonds is 4. The lowest BCUT2D eigenvalue weighted by Gasteiger charge is -2.07. The summed E-state index contributed by atoms with van der Waals surface area (Å²) < 4.78 is 4.90. The smallest absolute Gasteiger partial charge is 0.348 e. The van der Waals surface area contributed by atoms with Gasteiger partial charge in [-0.15, -0.1) is 11.3 Å². The minimum Gasteiger partial charge on any atom is -0.451 e. The zero-order chi connectivity index (χ0) is 14.5. The minimum absolute atomic E-state index is 0.331. The van der Waals surface area contributed by atoms with Crippen LogP contribution in [-0.2, 0) is 9.53 Å². The molecule has 2 rings (SSSR count). The van der Waals surface area contributed by atoms with E-state index in [9.17, 15) is 9.59 Å². The minimum atomic E-state index is -0.503. The second kappa shape index (κ2) is 6.54. The van der Waals surface area contributed by atoms with Crippen molar-refractivity contribution in [1.29, 1.82) is 0 Å². The number of carbonyl (C=O) groups excluding carboxylic acids is 2. The van der Waals surface area contributed by atoms with E-state index in [0.29, 0.717) is 15.6 Å². The number of esters is 1. The van der Waals surface area contributed by atoms with Crippen molar-refractivity contribution in [2.45, 2.75) is 6.92 Å². The summed E-state index contributed by atoms with van der Waals surface area (Å²) in [5, 5.41) is 4.95. The van der Waals surface area contributed by atoms with Gasteiger partial charge in [0, 0.05) is 10.7 Å². The maximum atomic E-state index is 11.7. The van der Waals surface area contributed by atoms with Crippen LogP contribution in [0.1, 0.15) is 15.2 Å². The van der Waals surface area contributed by atoms with E-state index in [-0.39, 0.29) is 6.61 Å². The highest BCUT2D eigenvalue weighted by atomic mass is 35.5. The number of ether oxygens (including phenoxy) is 1. The number of aryl methyl sites for hydroxylation is 1. The maximum absolute atomic E-state index is 11.7. The van der Waals surface area contributed by atoms with Crippen LogP contribution in [0.5, 0.6) is 0 Å². The summed E-state index contributed by atoms with van der Waals surface area (Å²) in [6.45, 7) is 1.54. The van der Waals surface area contributed by atoms with Crippen molar-refractivity contribution in [1.82, 2.24) is 0 Å². The molecule has 1 aromatic carbocycles. The predicted octanol–water partition coefficient (Wildman–Crippen LogP) is 3.51. The number of amides is 1. The first-order valence-corrected chi connectivity index (χ1v) is 7.08. The van der Waals surface area contributed by atoms with Crippen molar-refractivity contribution >= 4 is 40.5 Å². The first kappa shape index (κ1) is 14.6. The van der Waals surface area contributed by atoms with Gasteiger partial charge >= 0.3 is 5.97 Å². The van der Waals surface area contributed by atoms with Gasteiger partial charge in [-0.05, 0) is 36.1 Å². The third-order valence-electron chi connectivity index (χ3n) is 2.51. The first-order chi connectivity index (χ1) is 9.56. The molecule has 0 atom stereocenters. The summed E-state index contributed by atoms with van der Waals surface area (Å²) in [6, 6.07) is 8.58. The fourth-order valence-corrected chi connectivity index (χ4v) is 2.26. The van der Waals surface area contributed by atoms with Gasteiger partial charge in [0.05, 0.1) is 0 Å². The Kier molecular flexibility index (Phi) is 4.76. The fraction of sp³-hybridized carbons (Fsp3) is 0.143. The van der Waals surface area contributed by atoms with Gasteiger partial charge in [0.1, 0.15) is 4.88 Å². The number of hydrogen-bond acceptors (Lipinski definition) is 4. The maximum Gasteiger partial charge on any atom is 0.348 e. The molecular weight excluding hydrogens is 298 g/mol. The van der Waals surface area contributed by atoms with Crippen LogP contribution in [0.15, 0.2) is 35.7 Å². The summed E-state index contributed by atoms with van der Waals surface area (Å²) in [4.78, 5) is 23.7. The molecule has 0 aliphatic carbocycles. The van der Waals surface area contributed by atoms with Gasteiger partial charge in [0.15, 0.2) is 6.61 Å². The molecule has 0 saturated carbocycles. The quantitative estimate of drug-likeness (QED) is 0.879. The Morgan fingerprint density at radius 3 is 2.80 bits per heavy atom. The van der Waals surface area contributed by atoms with Crippen molar-refractivity contribution in [3.8, 4) is 0 Å². The van der Waals surface area contributed by atoms with E-state index < -0.39 is 11.9 Å². The highest BCUT2D eigenvalue weighted by Gasteiger charge is 2.11. The van der Waals surface area contributed by atoms with Crippen LogP contribution < -0.4 is 5.32 Å². The Morgan fingerprint density at radius 2 is 2.15 bits per heavy atom. The zero-order valence-corrected chi connectivity index (χ0v) is 12.3. The summed E-state index contributed by atoms with van der Waals surface area (Å²) in [7, 11) is 0. The number of benzene rings is 1. The van der Waals surface area contributed by atoms with Crippen molar-refractivity contribution < 1.29 is 14.3 Å². The molecule has 104 valence electrons. The van der Waals surface area contributed by atoms with Crippen LogP contribution in [0.4, 0.5) is 5.69 Å². The molecular formula is C14H12ClNO3S. The van der Waals surface area contributed by atoms with Gasteiger partial charge in [0.2, 0.25) is 0 Å². The number of nitrogens with one attached hydrogen (secondary N) is 1. The lowest BCUT2D eigenvalue weighted by Crippen LogP contribution is -2.20. The Labute approximate surface area is 125 Å². The van der Waals surface area contributed by atoms with E-state index in [0.717, 1.165) is 5.56 Å². The van der Waals surface area contributed by atoms with Crippen LogP contribution in [0.25, 0.3) is 0 Å². The molecule has 0 saturated heterocycles. The summed E-state index contributed by atoms with van der Waals surface area (Å²) in [6.07, 6.45) is 0. The van der Waals surface area contributed by atoms with E-state index in [2.05, 4.69) is 5.32 Å². The highest BCUT2D eigenvalue weighted by molar-refractivity contribution is 7.11. The largest absolute Gasteiger partial charge is 0.451 e. The molecule has 20 heavy (non-hydrogen) atoms. The molecule has 1 amide bonds. The van der Waals surface area contributed by atoms with E-state index >= 15 is 0 Å². The Bertz CT molecular complexity index is 625. The van der Waals surface area contributed by atoms with Gasteiger partial charge in [-0.2, -0.15) is 0 Å². The van der Waals surface area contributed by atoms with Crippen LogP contribution in [0.3, 0.4) is 0 Å². The molecule has 0 unspecified atom stereocenters. The van der Waals surface area contributed by atoms with Gasteiger partial charge < -0.3 is 10.1 Å². The fourth-order valence-electron chi connectivity index (χ4n) is 1.46. The van der Waals surface area contributed by atoms with Gasteiger partial charge in [-0.3, -0.25) is 4.79 Å². The topological polar surface area (TPSA) is 55.4 Å². The number of hydrogen-bond donors (Lipinski definition) is 1. The van der Waals surface area contributed by atoms with Crippen molar-refractivity contribution in [2.75, 3.05) is 11.9 Å². The number of thiophene rings is 1. The SMILES string of the molecule is Cc1ccc(NC(=O)COC(=O)c2cccs2)cc1Cl. The molecule has 1 aromatic heterocycles. The highest BCUT2D eigenvalue weighted by Crippen LogP contribution is 2.19.